The van der Waals surface area contributed by atoms with Gasteiger partial charge in [-0.25, -0.2) is 4.98 Å². The summed E-state index contributed by atoms with van der Waals surface area (Å²) in [5.74, 6) is 2.16. The van der Waals surface area contributed by atoms with E-state index in [1.54, 1.807) is 7.11 Å². The minimum Gasteiger partial charge on any atom is -0.497 e. The molecule has 5 nitrogen and oxygen atoms in total. The first kappa shape index (κ1) is 13.4. The summed E-state index contributed by atoms with van der Waals surface area (Å²) in [5, 5.41) is 16.5. The fourth-order valence-corrected chi connectivity index (χ4v) is 2.56. The maximum atomic E-state index is 9.22. The molecular weight excluding hydrogens is 264 g/mol. The predicted octanol–water partition coefficient (Wildman–Crippen LogP) is 3.33. The average molecular weight is 280 g/mol. The summed E-state index contributed by atoms with van der Waals surface area (Å²) >= 11 is 0. The monoisotopic (exact) mass is 280 g/mol. The number of allylic oxidation sites excluding steroid dienone is 2. The molecule has 2 aromatic rings. The molecule has 0 atom stereocenters. The highest BCUT2D eigenvalue weighted by atomic mass is 16.5. The Morgan fingerprint density at radius 3 is 2.67 bits per heavy atom. The fraction of sp³-hybridized carbons (Fsp3) is 0.312. The molecule has 0 amide bonds. The maximum Gasteiger partial charge on any atom is 0.181 e. The van der Waals surface area contributed by atoms with Crippen molar-refractivity contribution in [2.24, 2.45) is 0 Å². The average Bonchev–Trinajstić information content (AvgIpc) is 3.04. The third-order valence-electron chi connectivity index (χ3n) is 3.72. The van der Waals surface area contributed by atoms with Gasteiger partial charge in [0.05, 0.1) is 13.2 Å². The summed E-state index contributed by atoms with van der Waals surface area (Å²) in [5.41, 5.74) is 2.77. The molecule has 1 aromatic heterocycles. The van der Waals surface area contributed by atoms with Crippen molar-refractivity contribution in [2.75, 3.05) is 7.11 Å². The summed E-state index contributed by atoms with van der Waals surface area (Å²) in [6.45, 7) is 0. The first-order chi connectivity index (χ1) is 10.3. The molecule has 0 bridgehead atoms. The number of nitriles is 1. The largest absolute Gasteiger partial charge is 0.497 e. The Hall–Kier alpha value is -2.61. The van der Waals surface area contributed by atoms with Gasteiger partial charge in [-0.2, -0.15) is 10.4 Å². The Morgan fingerprint density at radius 2 is 1.95 bits per heavy atom. The van der Waals surface area contributed by atoms with Gasteiger partial charge >= 0.3 is 0 Å². The normalized spacial score (nSPS) is 14.9. The lowest BCUT2D eigenvalue weighted by atomic mass is 9.92. The van der Waals surface area contributed by atoms with Gasteiger partial charge in [0, 0.05) is 16.7 Å². The summed E-state index contributed by atoms with van der Waals surface area (Å²) in [6, 6.07) is 9.90. The van der Waals surface area contributed by atoms with Gasteiger partial charge in [0.15, 0.2) is 11.6 Å². The summed E-state index contributed by atoms with van der Waals surface area (Å²) in [4.78, 5) is 4.54. The molecule has 5 heteroatoms. The fourth-order valence-electron chi connectivity index (χ4n) is 2.56. The van der Waals surface area contributed by atoms with Gasteiger partial charge in [-0.3, -0.25) is 5.10 Å². The van der Waals surface area contributed by atoms with Crippen molar-refractivity contribution >= 4 is 5.57 Å². The van der Waals surface area contributed by atoms with Crippen molar-refractivity contribution in [3.63, 3.8) is 0 Å². The van der Waals surface area contributed by atoms with E-state index in [1.165, 1.54) is 0 Å². The molecule has 0 spiro atoms. The molecule has 1 aliphatic rings. The zero-order valence-corrected chi connectivity index (χ0v) is 11.9. The third-order valence-corrected chi connectivity index (χ3v) is 3.72. The van der Waals surface area contributed by atoms with E-state index in [1.807, 2.05) is 24.3 Å². The molecule has 0 aliphatic heterocycles. The number of hydrogen-bond acceptors (Lipinski definition) is 4. The smallest absolute Gasteiger partial charge is 0.181 e. The number of methoxy groups -OCH3 is 1. The predicted molar refractivity (Wildman–Crippen MR) is 79.4 cm³/mol. The van der Waals surface area contributed by atoms with Crippen molar-refractivity contribution in [3.8, 4) is 23.2 Å². The van der Waals surface area contributed by atoms with Crippen LogP contribution in [0.3, 0.4) is 0 Å². The van der Waals surface area contributed by atoms with Crippen molar-refractivity contribution < 1.29 is 4.74 Å². The number of aromatic nitrogens is 3. The summed E-state index contributed by atoms with van der Waals surface area (Å²) < 4.78 is 5.14. The Morgan fingerprint density at radius 1 is 1.19 bits per heavy atom. The highest BCUT2D eigenvalue weighted by molar-refractivity contribution is 5.69. The minimum atomic E-state index is 0.642. The molecule has 0 saturated carbocycles. The minimum absolute atomic E-state index is 0.642. The standard InChI is InChI=1S/C16H16N4O/c1-21-13-8-6-11(7-9-13)15-18-16(20-19-15)14-5-3-2-4-12(14)10-17/h6-9H,2-5H2,1H3,(H,18,19,20). The van der Waals surface area contributed by atoms with Gasteiger partial charge < -0.3 is 4.74 Å². The van der Waals surface area contributed by atoms with Crippen molar-refractivity contribution in [1.82, 2.24) is 15.2 Å². The van der Waals surface area contributed by atoms with Gasteiger partial charge in [0.25, 0.3) is 0 Å². The first-order valence-electron chi connectivity index (χ1n) is 7.01. The maximum absolute atomic E-state index is 9.22. The molecule has 106 valence electrons. The van der Waals surface area contributed by atoms with Crippen LogP contribution in [0.25, 0.3) is 17.0 Å². The highest BCUT2D eigenvalue weighted by Gasteiger charge is 2.17. The quantitative estimate of drug-likeness (QED) is 0.935. The van der Waals surface area contributed by atoms with Crippen molar-refractivity contribution in [2.45, 2.75) is 25.7 Å². The molecule has 0 unspecified atom stereocenters. The van der Waals surface area contributed by atoms with Gasteiger partial charge in [-0.15, -0.1) is 0 Å². The highest BCUT2D eigenvalue weighted by Crippen LogP contribution is 2.31. The van der Waals surface area contributed by atoms with Crippen LogP contribution in [0.2, 0.25) is 0 Å². The van der Waals surface area contributed by atoms with Gasteiger partial charge in [0.2, 0.25) is 0 Å². The Labute approximate surface area is 123 Å². The van der Waals surface area contributed by atoms with Crippen LogP contribution >= 0.6 is 0 Å². The van der Waals surface area contributed by atoms with E-state index in [0.29, 0.717) is 5.82 Å². The molecule has 1 aromatic carbocycles. The number of benzene rings is 1. The van der Waals surface area contributed by atoms with Crippen LogP contribution in [-0.2, 0) is 0 Å². The molecule has 0 fully saturated rings. The Bertz CT molecular complexity index is 707. The van der Waals surface area contributed by atoms with Gasteiger partial charge in [-0.1, -0.05) is 0 Å². The van der Waals surface area contributed by atoms with Crippen LogP contribution in [0.1, 0.15) is 31.5 Å². The number of nitrogens with zero attached hydrogens (tertiary/aromatic N) is 3. The zero-order valence-electron chi connectivity index (χ0n) is 11.9. The number of aromatic amines is 1. The third kappa shape index (κ3) is 2.65. The van der Waals surface area contributed by atoms with Gasteiger partial charge in [-0.05, 0) is 49.9 Å². The van der Waals surface area contributed by atoms with E-state index in [-0.39, 0.29) is 0 Å². The number of hydrogen-bond donors (Lipinski definition) is 1. The van der Waals surface area contributed by atoms with E-state index >= 15 is 0 Å². The van der Waals surface area contributed by atoms with Gasteiger partial charge in [0.1, 0.15) is 5.75 Å². The number of H-pyrrole nitrogens is 1. The first-order valence-corrected chi connectivity index (χ1v) is 7.01. The van der Waals surface area contributed by atoms with Crippen LogP contribution < -0.4 is 4.74 Å². The second-order valence-corrected chi connectivity index (χ2v) is 5.01. The lowest BCUT2D eigenvalue weighted by molar-refractivity contribution is 0.415. The molecule has 0 radical (unpaired) electrons. The lowest BCUT2D eigenvalue weighted by Gasteiger charge is -2.13. The van der Waals surface area contributed by atoms with E-state index < -0.39 is 0 Å². The SMILES string of the molecule is COc1ccc(-c2n[nH]c(C3=C(C#N)CCCC3)n2)cc1. The Kier molecular flexibility index (Phi) is 3.69. The van der Waals surface area contributed by atoms with Crippen LogP contribution in [0.4, 0.5) is 0 Å². The van der Waals surface area contributed by atoms with E-state index in [2.05, 4.69) is 21.3 Å². The number of rotatable bonds is 3. The molecular formula is C16H16N4O. The molecule has 0 saturated heterocycles. The van der Waals surface area contributed by atoms with Crippen LogP contribution in [0.5, 0.6) is 5.75 Å². The van der Waals surface area contributed by atoms with Crippen LogP contribution in [0.15, 0.2) is 29.8 Å². The zero-order chi connectivity index (χ0) is 14.7. The summed E-state index contributed by atoms with van der Waals surface area (Å²) in [6.07, 6.45) is 3.90. The molecule has 1 N–H and O–H groups in total. The van der Waals surface area contributed by atoms with Crippen LogP contribution in [-0.4, -0.2) is 22.3 Å². The molecule has 1 heterocycles. The molecule has 3 rings (SSSR count). The molecule has 21 heavy (non-hydrogen) atoms. The molecule has 1 aliphatic carbocycles. The summed E-state index contributed by atoms with van der Waals surface area (Å²) in [7, 11) is 1.64. The van der Waals surface area contributed by atoms with E-state index in [9.17, 15) is 5.26 Å². The second-order valence-electron chi connectivity index (χ2n) is 5.01. The van der Waals surface area contributed by atoms with E-state index in [0.717, 1.165) is 54.0 Å². The topological polar surface area (TPSA) is 74.6 Å². The Balaban J connectivity index is 1.92. The number of nitrogens with one attached hydrogen (secondary N) is 1. The number of ether oxygens (including phenoxy) is 1. The lowest BCUT2D eigenvalue weighted by Crippen LogP contribution is -1.99. The van der Waals surface area contributed by atoms with Crippen molar-refractivity contribution in [3.05, 3.63) is 35.7 Å². The van der Waals surface area contributed by atoms with Crippen molar-refractivity contribution in [1.29, 1.82) is 5.26 Å². The van der Waals surface area contributed by atoms with Crippen LogP contribution in [0, 0.1) is 11.3 Å². The second kappa shape index (κ2) is 5.80. The van der Waals surface area contributed by atoms with E-state index in [4.69, 9.17) is 4.74 Å².